The average molecular weight is 604 g/mol. The summed E-state index contributed by atoms with van der Waals surface area (Å²) in [5.74, 6) is -0.319. The number of ether oxygens (including phenoxy) is 1. The Labute approximate surface area is 242 Å². The van der Waals surface area contributed by atoms with Gasteiger partial charge in [-0.2, -0.15) is 13.2 Å². The molecule has 1 saturated heterocycles. The van der Waals surface area contributed by atoms with E-state index in [1.165, 1.54) is 17.0 Å². The van der Waals surface area contributed by atoms with Crippen LogP contribution in [0.2, 0.25) is 0 Å². The quantitative estimate of drug-likeness (QED) is 0.344. The van der Waals surface area contributed by atoms with Crippen LogP contribution < -0.4 is 10.0 Å². The second kappa shape index (κ2) is 12.1. The average Bonchev–Trinajstić information content (AvgIpc) is 2.91. The Kier molecular flexibility index (Phi) is 8.98. The highest BCUT2D eigenvalue weighted by atomic mass is 32.2. The van der Waals surface area contributed by atoms with Crippen LogP contribution in [0.5, 0.6) is 0 Å². The number of carbonyl (C=O) groups excluding carboxylic acids is 2. The fraction of sp³-hybridized carbons (Fsp3) is 0.333. The Morgan fingerprint density at radius 3 is 2.17 bits per heavy atom. The molecule has 2 N–H and O–H groups in total. The number of nitrogens with zero attached hydrogens (tertiary/aromatic N) is 1. The second-order valence-electron chi connectivity index (χ2n) is 11.0. The van der Waals surface area contributed by atoms with Crippen molar-refractivity contribution >= 4 is 27.7 Å². The number of amides is 2. The normalized spacial score (nSPS) is 14.9. The lowest BCUT2D eigenvalue weighted by Gasteiger charge is -2.32. The number of hydrogen-bond acceptors (Lipinski definition) is 5. The van der Waals surface area contributed by atoms with E-state index in [1.54, 1.807) is 69.3 Å². The second-order valence-corrected chi connectivity index (χ2v) is 12.7. The summed E-state index contributed by atoms with van der Waals surface area (Å²) in [5.41, 5.74) is -0.470. The molecule has 1 fully saturated rings. The molecule has 8 nitrogen and oxygen atoms in total. The molecular weight excluding hydrogens is 571 g/mol. The molecule has 3 aromatic rings. The Bertz CT molecular complexity index is 1550. The Morgan fingerprint density at radius 2 is 1.55 bits per heavy atom. The van der Waals surface area contributed by atoms with E-state index in [2.05, 4.69) is 10.0 Å². The highest BCUT2D eigenvalue weighted by Gasteiger charge is 2.38. The minimum Gasteiger partial charge on any atom is -0.444 e. The number of sulfonamides is 1. The third-order valence-corrected chi connectivity index (χ3v) is 8.12. The zero-order valence-corrected chi connectivity index (χ0v) is 24.2. The molecule has 12 heteroatoms. The van der Waals surface area contributed by atoms with Crippen LogP contribution in [0.25, 0.3) is 11.1 Å². The van der Waals surface area contributed by atoms with E-state index < -0.39 is 44.4 Å². The number of anilines is 1. The highest BCUT2D eigenvalue weighted by molar-refractivity contribution is 7.89. The third kappa shape index (κ3) is 7.89. The van der Waals surface area contributed by atoms with Gasteiger partial charge in [-0.1, -0.05) is 42.5 Å². The molecule has 1 heterocycles. The number of alkyl halides is 3. The zero-order valence-electron chi connectivity index (χ0n) is 23.4. The minimum absolute atomic E-state index is 0.189. The first-order chi connectivity index (χ1) is 19.6. The van der Waals surface area contributed by atoms with E-state index >= 15 is 0 Å². The van der Waals surface area contributed by atoms with E-state index in [-0.39, 0.29) is 37.4 Å². The van der Waals surface area contributed by atoms with Gasteiger partial charge in [0.25, 0.3) is 5.91 Å². The summed E-state index contributed by atoms with van der Waals surface area (Å²) >= 11 is 0. The van der Waals surface area contributed by atoms with Crippen molar-refractivity contribution in [3.8, 4) is 11.1 Å². The van der Waals surface area contributed by atoms with Gasteiger partial charge in [-0.25, -0.2) is 17.9 Å². The third-order valence-electron chi connectivity index (χ3n) is 6.54. The SMILES string of the molecule is CC(C)(C)OC(=O)Nc1cccc(C(=O)N2CCC(NS(=O)(=O)c3ccc(-c4ccccc4)cc3C(F)(F)F)CC2)c1. The van der Waals surface area contributed by atoms with Crippen molar-refractivity contribution < 1.29 is 35.9 Å². The number of nitrogens with one attached hydrogen (secondary N) is 2. The van der Waals surface area contributed by atoms with Crippen LogP contribution in [0, 0.1) is 0 Å². The van der Waals surface area contributed by atoms with Crippen molar-refractivity contribution in [2.24, 2.45) is 0 Å². The molecule has 0 unspecified atom stereocenters. The number of piperidine rings is 1. The van der Waals surface area contributed by atoms with E-state index in [0.717, 1.165) is 12.1 Å². The Balaban J connectivity index is 1.42. The number of rotatable bonds is 6. The Morgan fingerprint density at radius 1 is 0.881 bits per heavy atom. The predicted octanol–water partition coefficient (Wildman–Crippen LogP) is 6.30. The van der Waals surface area contributed by atoms with Gasteiger partial charge in [0, 0.05) is 30.4 Å². The lowest BCUT2D eigenvalue weighted by Crippen LogP contribution is -2.46. The van der Waals surface area contributed by atoms with Crippen LogP contribution in [0.1, 0.15) is 49.5 Å². The van der Waals surface area contributed by atoms with E-state index in [4.69, 9.17) is 4.74 Å². The monoisotopic (exact) mass is 603 g/mol. The molecular formula is C30H32F3N3O5S. The fourth-order valence-corrected chi connectivity index (χ4v) is 6.13. The van der Waals surface area contributed by atoms with Crippen LogP contribution in [-0.2, 0) is 20.9 Å². The van der Waals surface area contributed by atoms with E-state index in [0.29, 0.717) is 16.8 Å². The number of halogens is 3. The number of benzene rings is 3. The lowest BCUT2D eigenvalue weighted by molar-refractivity contribution is -0.139. The first kappa shape index (κ1) is 31.0. The van der Waals surface area contributed by atoms with Crippen molar-refractivity contribution in [2.45, 2.75) is 56.3 Å². The van der Waals surface area contributed by atoms with Crippen LogP contribution in [0.3, 0.4) is 0 Å². The van der Waals surface area contributed by atoms with Crippen molar-refractivity contribution in [1.82, 2.24) is 9.62 Å². The molecule has 1 aliphatic heterocycles. The Hall–Kier alpha value is -3.90. The van der Waals surface area contributed by atoms with Crippen LogP contribution in [0.4, 0.5) is 23.7 Å². The number of hydrogen-bond donors (Lipinski definition) is 2. The lowest BCUT2D eigenvalue weighted by atomic mass is 10.0. The van der Waals surface area contributed by atoms with Gasteiger partial charge in [-0.15, -0.1) is 0 Å². The first-order valence-electron chi connectivity index (χ1n) is 13.3. The van der Waals surface area contributed by atoms with Crippen molar-refractivity contribution in [3.63, 3.8) is 0 Å². The summed E-state index contributed by atoms with van der Waals surface area (Å²) in [6.07, 6.45) is -5.13. The topological polar surface area (TPSA) is 105 Å². The maximum Gasteiger partial charge on any atom is 0.417 e. The summed E-state index contributed by atoms with van der Waals surface area (Å²) in [4.78, 5) is 25.9. The molecule has 224 valence electrons. The van der Waals surface area contributed by atoms with Crippen LogP contribution in [0.15, 0.2) is 77.7 Å². The first-order valence-corrected chi connectivity index (χ1v) is 14.8. The van der Waals surface area contributed by atoms with Gasteiger partial charge in [0.1, 0.15) is 5.60 Å². The molecule has 0 saturated carbocycles. The van der Waals surface area contributed by atoms with Gasteiger partial charge in [0.2, 0.25) is 10.0 Å². The molecule has 42 heavy (non-hydrogen) atoms. The molecule has 4 rings (SSSR count). The largest absolute Gasteiger partial charge is 0.444 e. The van der Waals surface area contributed by atoms with E-state index in [1.807, 2.05) is 0 Å². The molecule has 2 amide bonds. The summed E-state index contributed by atoms with van der Waals surface area (Å²) in [5, 5.41) is 2.58. The smallest absolute Gasteiger partial charge is 0.417 e. The molecule has 0 radical (unpaired) electrons. The minimum atomic E-state index is -4.89. The van der Waals surface area contributed by atoms with Crippen LogP contribution in [-0.4, -0.2) is 50.1 Å². The van der Waals surface area contributed by atoms with Gasteiger partial charge < -0.3 is 9.64 Å². The molecule has 3 aromatic carbocycles. The van der Waals surface area contributed by atoms with Crippen molar-refractivity contribution in [3.05, 3.63) is 83.9 Å². The summed E-state index contributed by atoms with van der Waals surface area (Å²) in [6, 6.07) is 17.2. The number of carbonyl (C=O) groups is 2. The maximum atomic E-state index is 14.0. The fourth-order valence-electron chi connectivity index (χ4n) is 4.61. The number of likely N-dealkylation sites (tertiary alicyclic amines) is 1. The predicted molar refractivity (Wildman–Crippen MR) is 152 cm³/mol. The van der Waals surface area contributed by atoms with Crippen molar-refractivity contribution in [1.29, 1.82) is 0 Å². The molecule has 0 aromatic heterocycles. The molecule has 0 atom stereocenters. The zero-order chi connectivity index (χ0) is 30.7. The molecule has 0 aliphatic carbocycles. The van der Waals surface area contributed by atoms with E-state index in [9.17, 15) is 31.2 Å². The molecule has 1 aliphatic rings. The van der Waals surface area contributed by atoms with Gasteiger partial charge in [-0.3, -0.25) is 10.1 Å². The summed E-state index contributed by atoms with van der Waals surface area (Å²) in [7, 11) is -4.52. The summed E-state index contributed by atoms with van der Waals surface area (Å²) in [6.45, 7) is 5.57. The highest BCUT2D eigenvalue weighted by Crippen LogP contribution is 2.37. The van der Waals surface area contributed by atoms with Crippen molar-refractivity contribution in [2.75, 3.05) is 18.4 Å². The van der Waals surface area contributed by atoms with Gasteiger partial charge in [0.15, 0.2) is 0 Å². The maximum absolute atomic E-state index is 14.0. The van der Waals surface area contributed by atoms with Gasteiger partial charge in [-0.05, 0) is 75.1 Å². The van der Waals surface area contributed by atoms with Crippen LogP contribution >= 0.6 is 0 Å². The molecule has 0 spiro atoms. The van der Waals surface area contributed by atoms with Gasteiger partial charge >= 0.3 is 12.3 Å². The van der Waals surface area contributed by atoms with Gasteiger partial charge in [0.05, 0.1) is 10.5 Å². The summed E-state index contributed by atoms with van der Waals surface area (Å²) < 4.78 is 75.8. The standard InChI is InChI=1S/C30H32F3N3O5S/c1-29(2,3)41-28(38)34-24-11-7-10-22(18-24)27(37)36-16-14-23(15-17-36)35-42(39,40)26-13-12-21(19-25(26)30(31,32)33)20-8-5-4-6-9-20/h4-13,18-19,23,35H,14-17H2,1-3H3,(H,34,38). The molecule has 0 bridgehead atoms.